The first kappa shape index (κ1) is 26.8. The molecule has 0 bridgehead atoms. The number of phenols is 1. The first-order chi connectivity index (χ1) is 19.0. The van der Waals surface area contributed by atoms with Crippen molar-refractivity contribution in [2.45, 2.75) is 35.4 Å². The molecule has 40 heavy (non-hydrogen) atoms. The topological polar surface area (TPSA) is 104 Å². The van der Waals surface area contributed by atoms with Gasteiger partial charge in [-0.05, 0) is 56.0 Å². The number of methoxy groups -OCH3 is 1. The van der Waals surface area contributed by atoms with Gasteiger partial charge in [-0.1, -0.05) is 17.7 Å². The molecule has 2 aliphatic heterocycles. The first-order valence-electron chi connectivity index (χ1n) is 12.9. The number of benzene rings is 2. The maximum absolute atomic E-state index is 14.3. The van der Waals surface area contributed by atoms with Crippen LogP contribution in [-0.2, 0) is 19.2 Å². The van der Waals surface area contributed by atoms with Crippen LogP contribution in [-0.4, -0.2) is 57.0 Å². The van der Waals surface area contributed by atoms with Crippen molar-refractivity contribution in [3.05, 3.63) is 65.5 Å². The number of allylic oxidation sites excluding steroid dienone is 2. The predicted octanol–water partition coefficient (Wildman–Crippen LogP) is 4.12. The quantitative estimate of drug-likeness (QED) is 0.328. The number of carbonyl (C=O) groups is 4. The second kappa shape index (κ2) is 9.04. The van der Waals surface area contributed by atoms with Crippen molar-refractivity contribution in [3.63, 3.8) is 0 Å². The average molecular weight is 587 g/mol. The Bertz CT molecular complexity index is 1510. The molecule has 2 heterocycles. The fourth-order valence-electron chi connectivity index (χ4n) is 7.06. The Morgan fingerprint density at radius 3 is 2.38 bits per heavy atom. The molecule has 6 rings (SSSR count). The Labute approximate surface area is 239 Å². The van der Waals surface area contributed by atoms with E-state index in [2.05, 4.69) is 0 Å². The molecule has 1 saturated carbocycles. The average Bonchev–Trinajstić information content (AvgIpc) is 3.27. The highest BCUT2D eigenvalue weighted by Crippen LogP contribution is 2.66. The Hall–Kier alpha value is -3.43. The van der Waals surface area contributed by atoms with Gasteiger partial charge >= 0.3 is 0 Å². The number of imide groups is 2. The summed E-state index contributed by atoms with van der Waals surface area (Å²) in [4.78, 5) is 53.0. The van der Waals surface area contributed by atoms with E-state index in [1.165, 1.54) is 36.3 Å². The van der Waals surface area contributed by atoms with Crippen molar-refractivity contribution in [1.82, 2.24) is 4.90 Å². The van der Waals surface area contributed by atoms with Crippen LogP contribution in [0.4, 0.5) is 10.1 Å². The number of aromatic hydroxyl groups is 1. The van der Waals surface area contributed by atoms with Gasteiger partial charge in [-0.15, -0.1) is 23.2 Å². The molecule has 4 aliphatic rings. The normalized spacial score (nSPS) is 33.1. The van der Waals surface area contributed by atoms with Crippen LogP contribution in [0.2, 0.25) is 0 Å². The molecule has 2 aliphatic carbocycles. The van der Waals surface area contributed by atoms with Crippen molar-refractivity contribution >= 4 is 52.5 Å². The third kappa shape index (κ3) is 3.31. The van der Waals surface area contributed by atoms with E-state index in [9.17, 15) is 28.7 Å². The van der Waals surface area contributed by atoms with Crippen LogP contribution in [0.3, 0.4) is 0 Å². The van der Waals surface area contributed by atoms with Crippen molar-refractivity contribution in [2.75, 3.05) is 18.6 Å². The Balaban J connectivity index is 1.59. The van der Waals surface area contributed by atoms with E-state index in [1.807, 2.05) is 6.08 Å². The molecule has 11 heteroatoms. The molecule has 6 unspecified atom stereocenters. The van der Waals surface area contributed by atoms with Crippen LogP contribution in [0.15, 0.2) is 54.1 Å². The molecule has 3 fully saturated rings. The van der Waals surface area contributed by atoms with E-state index in [0.29, 0.717) is 11.1 Å². The number of alkyl halides is 2. The lowest BCUT2D eigenvalue weighted by molar-refractivity contribution is -0.140. The van der Waals surface area contributed by atoms with Gasteiger partial charge in [0.05, 0.1) is 24.6 Å². The lowest BCUT2D eigenvalue weighted by Crippen LogP contribution is -2.60. The van der Waals surface area contributed by atoms with Gasteiger partial charge < -0.3 is 9.84 Å². The summed E-state index contributed by atoms with van der Waals surface area (Å²) in [5.41, 5.74) is 1.10. The lowest BCUT2D eigenvalue weighted by atomic mass is 9.56. The van der Waals surface area contributed by atoms with Crippen molar-refractivity contribution < 1.29 is 33.4 Å². The number of phenolic OH excluding ortho intramolecular Hbond substituents is 1. The first-order valence-corrected chi connectivity index (χ1v) is 13.7. The Morgan fingerprint density at radius 1 is 1.02 bits per heavy atom. The van der Waals surface area contributed by atoms with Crippen molar-refractivity contribution in [3.8, 4) is 11.5 Å². The molecule has 0 aromatic heterocycles. The van der Waals surface area contributed by atoms with Crippen molar-refractivity contribution in [1.29, 1.82) is 0 Å². The summed E-state index contributed by atoms with van der Waals surface area (Å²) in [7, 11) is 1.39. The lowest BCUT2D eigenvalue weighted by Gasteiger charge is -2.50. The standard InChI is InChI=1S/C29H25Cl2FN2O6/c1-3-33-24(36)19-11-10-17-20(22(19)25(33)37)13-28(30)26(38)34(15-6-4-14(32)5-7-15)27(39)29(28,31)23(17)18-9-8-16(35)12-21(18)40-2/h4-10,12,19-20,22-23,35H,3,11,13H2,1-2H3. The van der Waals surface area contributed by atoms with Gasteiger partial charge in [-0.3, -0.25) is 24.1 Å². The molecule has 2 aromatic rings. The van der Waals surface area contributed by atoms with Crippen LogP contribution < -0.4 is 9.64 Å². The number of nitrogens with zero attached hydrogens (tertiary/aromatic N) is 2. The zero-order chi connectivity index (χ0) is 28.7. The van der Waals surface area contributed by atoms with Gasteiger partial charge in [0.2, 0.25) is 11.8 Å². The van der Waals surface area contributed by atoms with E-state index >= 15 is 0 Å². The fraction of sp³-hybridized carbons (Fsp3) is 0.379. The number of hydrogen-bond acceptors (Lipinski definition) is 6. The van der Waals surface area contributed by atoms with E-state index < -0.39 is 51.1 Å². The minimum absolute atomic E-state index is 0.0941. The maximum Gasteiger partial charge on any atom is 0.258 e. The Morgan fingerprint density at radius 2 is 1.73 bits per heavy atom. The molecule has 1 N–H and O–H groups in total. The number of anilines is 1. The number of amides is 4. The molecule has 4 amide bonds. The summed E-state index contributed by atoms with van der Waals surface area (Å²) in [5.74, 6) is -5.80. The van der Waals surface area contributed by atoms with Crippen LogP contribution >= 0.6 is 23.2 Å². The van der Waals surface area contributed by atoms with Gasteiger partial charge in [0.1, 0.15) is 17.3 Å². The summed E-state index contributed by atoms with van der Waals surface area (Å²) < 4.78 is 19.3. The summed E-state index contributed by atoms with van der Waals surface area (Å²) in [6.07, 6.45) is 1.91. The highest BCUT2D eigenvalue weighted by atomic mass is 35.5. The van der Waals surface area contributed by atoms with Crippen molar-refractivity contribution in [2.24, 2.45) is 17.8 Å². The zero-order valence-electron chi connectivity index (χ0n) is 21.6. The van der Waals surface area contributed by atoms with Crippen LogP contribution in [0, 0.1) is 23.6 Å². The summed E-state index contributed by atoms with van der Waals surface area (Å²) in [6.45, 7) is 1.93. The third-order valence-electron chi connectivity index (χ3n) is 8.83. The third-order valence-corrected chi connectivity index (χ3v) is 10.2. The molecule has 0 spiro atoms. The van der Waals surface area contributed by atoms with Gasteiger partial charge in [-0.25, -0.2) is 9.29 Å². The molecule has 8 nitrogen and oxygen atoms in total. The van der Waals surface area contributed by atoms with E-state index in [-0.39, 0.29) is 48.4 Å². The molecule has 2 saturated heterocycles. The molecule has 208 valence electrons. The van der Waals surface area contributed by atoms with Gasteiger partial charge in [0.15, 0.2) is 9.75 Å². The minimum Gasteiger partial charge on any atom is -0.508 e. The fourth-order valence-corrected chi connectivity index (χ4v) is 7.99. The molecular formula is C29H25Cl2FN2O6. The minimum atomic E-state index is -2.07. The molecule has 6 atom stereocenters. The molecule has 2 aromatic carbocycles. The van der Waals surface area contributed by atoms with Gasteiger partial charge in [-0.2, -0.15) is 0 Å². The van der Waals surface area contributed by atoms with Gasteiger partial charge in [0.25, 0.3) is 11.8 Å². The number of halogens is 3. The summed E-state index contributed by atoms with van der Waals surface area (Å²) in [6, 6.07) is 9.15. The predicted molar refractivity (Wildman–Crippen MR) is 144 cm³/mol. The summed E-state index contributed by atoms with van der Waals surface area (Å²) in [5, 5.41) is 10.2. The van der Waals surface area contributed by atoms with E-state index in [0.717, 1.165) is 17.0 Å². The van der Waals surface area contributed by atoms with Crippen LogP contribution in [0.5, 0.6) is 11.5 Å². The zero-order valence-corrected chi connectivity index (χ0v) is 23.1. The number of hydrogen-bond donors (Lipinski definition) is 1. The van der Waals surface area contributed by atoms with Crippen LogP contribution in [0.25, 0.3) is 0 Å². The maximum atomic E-state index is 14.3. The smallest absolute Gasteiger partial charge is 0.258 e. The monoisotopic (exact) mass is 586 g/mol. The highest BCUT2D eigenvalue weighted by molar-refractivity contribution is 6.58. The number of fused-ring (bicyclic) bond motifs is 4. The molecule has 0 radical (unpaired) electrons. The Kier molecular flexibility index (Phi) is 6.05. The van der Waals surface area contributed by atoms with E-state index in [4.69, 9.17) is 27.9 Å². The van der Waals surface area contributed by atoms with Gasteiger partial charge in [0, 0.05) is 24.1 Å². The SMILES string of the molecule is CCN1C(=O)C2CC=C3C(CC4(Cl)C(=O)N(c5ccc(F)cc5)C(=O)C4(Cl)C3c3ccc(O)cc3OC)C2C1=O. The molecular weight excluding hydrogens is 562 g/mol. The number of ether oxygens (including phenoxy) is 1. The van der Waals surface area contributed by atoms with E-state index in [1.54, 1.807) is 13.0 Å². The summed E-state index contributed by atoms with van der Waals surface area (Å²) >= 11 is 14.6. The van der Waals surface area contributed by atoms with Crippen LogP contribution in [0.1, 0.15) is 31.2 Å². The number of likely N-dealkylation sites (tertiary alicyclic amines) is 1. The second-order valence-electron chi connectivity index (χ2n) is 10.6. The highest BCUT2D eigenvalue weighted by Gasteiger charge is 2.76. The second-order valence-corrected chi connectivity index (χ2v) is 11.8. The largest absolute Gasteiger partial charge is 0.508 e. The number of carbonyl (C=O) groups excluding carboxylic acids is 4. The number of rotatable bonds is 4.